The van der Waals surface area contributed by atoms with Gasteiger partial charge in [-0.25, -0.2) is 0 Å². The van der Waals surface area contributed by atoms with E-state index in [0.29, 0.717) is 5.75 Å². The molecule has 0 aliphatic heterocycles. The first-order valence-corrected chi connectivity index (χ1v) is 7.26. The van der Waals surface area contributed by atoms with E-state index in [1.807, 2.05) is 18.2 Å². The second kappa shape index (κ2) is 9.82. The number of aromatic hydroxyl groups is 1. The van der Waals surface area contributed by atoms with Crippen molar-refractivity contribution in [2.45, 2.75) is 44.9 Å². The molecule has 0 aromatic heterocycles. The molecule has 1 rings (SSSR count). The molecule has 3 nitrogen and oxygen atoms in total. The summed E-state index contributed by atoms with van der Waals surface area (Å²) in [6.07, 6.45) is 7.10. The molecule has 0 bridgehead atoms. The highest BCUT2D eigenvalue weighted by molar-refractivity contribution is 5.32. The highest BCUT2D eigenvalue weighted by Gasteiger charge is 2.10. The van der Waals surface area contributed by atoms with Crippen molar-refractivity contribution in [3.63, 3.8) is 0 Å². The number of hydrogen-bond donors (Lipinski definition) is 3. The number of rotatable bonds is 10. The van der Waals surface area contributed by atoms with Crippen LogP contribution in [0.1, 0.15) is 44.1 Å². The van der Waals surface area contributed by atoms with E-state index in [1.54, 1.807) is 6.07 Å². The number of benzene rings is 1. The summed E-state index contributed by atoms with van der Waals surface area (Å²) in [4.78, 5) is 0. The summed E-state index contributed by atoms with van der Waals surface area (Å²) in [5.41, 5.74) is 0.918. The summed E-state index contributed by atoms with van der Waals surface area (Å²) in [5.74, 6) is 0.551. The zero-order valence-corrected chi connectivity index (χ0v) is 11.6. The molecule has 0 saturated heterocycles. The summed E-state index contributed by atoms with van der Waals surface area (Å²) in [6.45, 7) is 0.456. The Hall–Kier alpha value is -1.06. The Balaban J connectivity index is 2.24. The van der Waals surface area contributed by atoms with Crippen molar-refractivity contribution in [3.05, 3.63) is 29.8 Å². The fraction of sp³-hybridized carbons (Fsp3) is 0.625. The lowest BCUT2D eigenvalue weighted by molar-refractivity contribution is 0.213. The van der Waals surface area contributed by atoms with Crippen molar-refractivity contribution < 1.29 is 15.3 Å². The van der Waals surface area contributed by atoms with Gasteiger partial charge in [0.15, 0.2) is 0 Å². The predicted molar refractivity (Wildman–Crippen MR) is 77.2 cm³/mol. The SMILES string of the molecule is OCCCCCCCC(CO)Cc1ccccc1O. The van der Waals surface area contributed by atoms with E-state index in [4.69, 9.17) is 5.11 Å². The average Bonchev–Trinajstić information content (AvgIpc) is 2.43. The quantitative estimate of drug-likeness (QED) is 0.571. The van der Waals surface area contributed by atoms with Crippen molar-refractivity contribution in [2.24, 2.45) is 5.92 Å². The molecular formula is C16H26O3. The Bertz CT molecular complexity index is 339. The fourth-order valence-electron chi connectivity index (χ4n) is 2.33. The van der Waals surface area contributed by atoms with Gasteiger partial charge in [-0.05, 0) is 36.8 Å². The Kier molecular flexibility index (Phi) is 8.26. The van der Waals surface area contributed by atoms with Gasteiger partial charge in [0.2, 0.25) is 0 Å². The molecule has 0 heterocycles. The van der Waals surface area contributed by atoms with Crippen molar-refractivity contribution >= 4 is 0 Å². The lowest BCUT2D eigenvalue weighted by Gasteiger charge is -2.14. The molecule has 0 radical (unpaired) electrons. The van der Waals surface area contributed by atoms with Gasteiger partial charge in [-0.3, -0.25) is 0 Å². The number of unbranched alkanes of at least 4 members (excludes halogenated alkanes) is 4. The maximum Gasteiger partial charge on any atom is 0.118 e. The molecule has 0 amide bonds. The first-order valence-electron chi connectivity index (χ1n) is 7.26. The third kappa shape index (κ3) is 6.60. The van der Waals surface area contributed by atoms with Gasteiger partial charge in [0.05, 0.1) is 0 Å². The number of phenols is 1. The highest BCUT2D eigenvalue weighted by Crippen LogP contribution is 2.22. The van der Waals surface area contributed by atoms with Gasteiger partial charge in [-0.1, -0.05) is 43.9 Å². The van der Waals surface area contributed by atoms with E-state index in [1.165, 1.54) is 0 Å². The van der Waals surface area contributed by atoms with Crippen LogP contribution < -0.4 is 0 Å². The summed E-state index contributed by atoms with van der Waals surface area (Å²) in [7, 11) is 0. The van der Waals surface area contributed by atoms with Gasteiger partial charge >= 0.3 is 0 Å². The number of aliphatic hydroxyl groups excluding tert-OH is 2. The Morgan fingerprint density at radius 2 is 1.58 bits per heavy atom. The number of hydrogen-bond acceptors (Lipinski definition) is 3. The zero-order valence-electron chi connectivity index (χ0n) is 11.6. The van der Waals surface area contributed by atoms with Gasteiger partial charge in [-0.15, -0.1) is 0 Å². The minimum Gasteiger partial charge on any atom is -0.508 e. The van der Waals surface area contributed by atoms with Crippen molar-refractivity contribution in [1.82, 2.24) is 0 Å². The fourth-order valence-corrected chi connectivity index (χ4v) is 2.33. The molecular weight excluding hydrogens is 240 g/mol. The Morgan fingerprint density at radius 3 is 2.26 bits per heavy atom. The first-order chi connectivity index (χ1) is 9.27. The molecule has 0 fully saturated rings. The van der Waals surface area contributed by atoms with Crippen LogP contribution in [0, 0.1) is 5.92 Å². The summed E-state index contributed by atoms with van der Waals surface area (Å²) in [6, 6.07) is 7.34. The molecule has 3 heteroatoms. The lowest BCUT2D eigenvalue weighted by Crippen LogP contribution is -2.09. The van der Waals surface area contributed by atoms with Crippen LogP contribution >= 0.6 is 0 Å². The molecule has 0 aliphatic carbocycles. The highest BCUT2D eigenvalue weighted by atomic mass is 16.3. The molecule has 1 unspecified atom stereocenters. The van der Waals surface area contributed by atoms with Crippen LogP contribution in [0.2, 0.25) is 0 Å². The van der Waals surface area contributed by atoms with Crippen LogP contribution in [0.3, 0.4) is 0 Å². The largest absolute Gasteiger partial charge is 0.508 e. The normalized spacial score (nSPS) is 12.5. The standard InChI is InChI=1S/C16H26O3/c17-11-7-3-1-2-4-8-14(13-18)12-15-9-5-6-10-16(15)19/h5-6,9-10,14,17-19H,1-4,7-8,11-13H2. The van der Waals surface area contributed by atoms with Gasteiger partial charge in [0.25, 0.3) is 0 Å². The lowest BCUT2D eigenvalue weighted by atomic mass is 9.93. The number of aliphatic hydroxyl groups is 2. The molecule has 0 spiro atoms. The van der Waals surface area contributed by atoms with E-state index < -0.39 is 0 Å². The van der Waals surface area contributed by atoms with Crippen molar-refractivity contribution in [2.75, 3.05) is 13.2 Å². The summed E-state index contributed by atoms with van der Waals surface area (Å²) < 4.78 is 0. The second-order valence-corrected chi connectivity index (χ2v) is 5.16. The second-order valence-electron chi connectivity index (χ2n) is 5.16. The van der Waals surface area contributed by atoms with E-state index in [2.05, 4.69) is 0 Å². The Labute approximate surface area is 115 Å². The van der Waals surface area contributed by atoms with E-state index in [-0.39, 0.29) is 19.1 Å². The van der Waals surface area contributed by atoms with Crippen LogP contribution in [-0.4, -0.2) is 28.5 Å². The van der Waals surface area contributed by atoms with Crippen molar-refractivity contribution in [1.29, 1.82) is 0 Å². The van der Waals surface area contributed by atoms with E-state index in [0.717, 1.165) is 50.5 Å². The van der Waals surface area contributed by atoms with Crippen LogP contribution in [0.15, 0.2) is 24.3 Å². The zero-order chi connectivity index (χ0) is 13.9. The third-order valence-corrected chi connectivity index (χ3v) is 3.53. The maximum absolute atomic E-state index is 9.72. The molecule has 19 heavy (non-hydrogen) atoms. The molecule has 0 aliphatic rings. The van der Waals surface area contributed by atoms with E-state index in [9.17, 15) is 10.2 Å². The van der Waals surface area contributed by atoms with Gasteiger partial charge in [-0.2, -0.15) is 0 Å². The molecule has 1 atom stereocenters. The van der Waals surface area contributed by atoms with Gasteiger partial charge in [0, 0.05) is 13.2 Å². The van der Waals surface area contributed by atoms with Gasteiger partial charge in [0.1, 0.15) is 5.75 Å². The Morgan fingerprint density at radius 1 is 0.895 bits per heavy atom. The number of para-hydroxylation sites is 1. The van der Waals surface area contributed by atoms with E-state index >= 15 is 0 Å². The smallest absolute Gasteiger partial charge is 0.118 e. The monoisotopic (exact) mass is 266 g/mol. The molecule has 0 saturated carbocycles. The van der Waals surface area contributed by atoms with Crippen LogP contribution in [0.4, 0.5) is 0 Å². The van der Waals surface area contributed by atoms with Crippen LogP contribution in [0.5, 0.6) is 5.75 Å². The molecule has 1 aromatic carbocycles. The summed E-state index contributed by atoms with van der Waals surface area (Å²) >= 11 is 0. The van der Waals surface area contributed by atoms with Crippen LogP contribution in [0.25, 0.3) is 0 Å². The first kappa shape index (κ1) is 16.0. The molecule has 108 valence electrons. The molecule has 3 N–H and O–H groups in total. The third-order valence-electron chi connectivity index (χ3n) is 3.53. The van der Waals surface area contributed by atoms with Gasteiger partial charge < -0.3 is 15.3 Å². The maximum atomic E-state index is 9.72. The summed E-state index contributed by atoms with van der Waals surface area (Å²) in [5, 5.41) is 27.8. The molecule has 1 aromatic rings. The average molecular weight is 266 g/mol. The minimum atomic E-state index is 0.172. The topological polar surface area (TPSA) is 60.7 Å². The van der Waals surface area contributed by atoms with Crippen molar-refractivity contribution in [3.8, 4) is 5.75 Å². The van der Waals surface area contributed by atoms with Crippen LogP contribution in [-0.2, 0) is 6.42 Å². The minimum absolute atomic E-state index is 0.172. The predicted octanol–water partition coefficient (Wildman–Crippen LogP) is 2.88. The number of phenolic OH excluding ortho intramolecular Hbond substituents is 1.